The van der Waals surface area contributed by atoms with Gasteiger partial charge in [0.05, 0.1) is 0 Å². The Labute approximate surface area is 42.9 Å². The first-order valence-corrected chi connectivity index (χ1v) is 3.88. The minimum absolute atomic E-state index is 0.141. The molecule has 8 heteroatoms. The van der Waals surface area contributed by atoms with Crippen molar-refractivity contribution in [2.24, 2.45) is 0 Å². The zero-order chi connectivity index (χ0) is 7.71. The van der Waals surface area contributed by atoms with Crippen LogP contribution in [0.5, 0.6) is 0 Å². The van der Waals surface area contributed by atoms with Gasteiger partial charge in [-0.1, -0.05) is 0 Å². The summed E-state index contributed by atoms with van der Waals surface area (Å²) in [6.07, 6.45) is 0. The standard InChI is InChI=1S/CHF3O3S.Cf/c2-1(3,4)8(5,6)7;/h(H,5,6,7);/q;+1/p-1. The van der Waals surface area contributed by atoms with Crippen molar-refractivity contribution in [3.63, 3.8) is 0 Å². The van der Waals surface area contributed by atoms with Crippen molar-refractivity contribution < 1.29 is 26.1 Å². The summed E-state index contributed by atoms with van der Waals surface area (Å²) in [5.74, 6) is 0. The Kier molecular flexibility index (Phi) is 1.36. The molecular formula is CCfF3O3S. The molecule has 0 saturated heterocycles. The summed E-state index contributed by atoms with van der Waals surface area (Å²) >= 11 is 0. The van der Waals surface area contributed by atoms with Crippen LogP contribution in [0.3, 0.4) is 0 Å². The van der Waals surface area contributed by atoms with Gasteiger partial charge in [0.15, 0.2) is 0 Å². The van der Waals surface area contributed by atoms with Gasteiger partial charge in [-0.2, -0.15) is 0 Å². The van der Waals surface area contributed by atoms with E-state index in [-0.39, 0.29) is 0 Å². The minimum atomic E-state index is -5.32. The predicted molar refractivity (Wildman–Crippen MR) is 16.1 cm³/mol. The molecule has 0 aliphatic rings. The van der Waals surface area contributed by atoms with Crippen LogP contribution >= 0.6 is 0 Å². The molecule has 0 heterocycles. The van der Waals surface area contributed by atoms with E-state index in [1.165, 1.54) is 0 Å². The molecule has 59 valence electrons. The maximum absolute atomic E-state index is 11.1. The zero-order valence-corrected chi connectivity index (χ0v) is 7.03. The molecule has 0 aromatic rings. The second kappa shape index (κ2) is 1.59. The van der Waals surface area contributed by atoms with Crippen molar-refractivity contribution >= 4 is 10.1 Å². The van der Waals surface area contributed by atoms with Gasteiger partial charge in [0.2, 0.25) is 0 Å². The average Bonchev–Trinajstić information content (AvgIpc) is 1.64. The van der Waals surface area contributed by atoms with E-state index in [2.05, 4.69) is 4.55 Å². The van der Waals surface area contributed by atoms with E-state index in [9.17, 15) is 21.6 Å². The monoisotopic (exact) mass is 398 g/mol. The van der Waals surface area contributed by atoms with Crippen LogP contribution in [0.15, 0.2) is 0 Å². The third kappa shape index (κ3) is 1.29. The molecule has 3 nitrogen and oxygen atoms in total. The van der Waals surface area contributed by atoms with Crippen molar-refractivity contribution in [2.45, 2.75) is 5.51 Å². The first kappa shape index (κ1) is 7.70. The van der Waals surface area contributed by atoms with E-state index < -0.39 is 15.6 Å². The average molecular weight is 400 g/mol. The van der Waals surface area contributed by atoms with Crippen LogP contribution < -0.4 is 0 Å². The molecule has 0 rings (SSSR count). The van der Waals surface area contributed by atoms with Crippen molar-refractivity contribution in [1.29, 1.82) is 0 Å². The summed E-state index contributed by atoms with van der Waals surface area (Å²) in [5.41, 5.74) is -5.29. The third-order valence-electron chi connectivity index (χ3n) is 0.353. The number of hydrogen-bond acceptors (Lipinski definition) is 3. The van der Waals surface area contributed by atoms with E-state index >= 15 is 0 Å². The normalized spacial score (nSPS) is 13.9. The van der Waals surface area contributed by atoms with Crippen molar-refractivity contribution in [2.75, 3.05) is 0 Å². The molecule has 0 fully saturated rings. The van der Waals surface area contributed by atoms with Crippen LogP contribution in [0.2, 0.25) is 0 Å². The maximum atomic E-state index is 11.1. The molecule has 9 heavy (non-hydrogen) atoms. The summed E-state index contributed by atoms with van der Waals surface area (Å²) in [5, 5.41) is 0. The van der Waals surface area contributed by atoms with Crippen LogP contribution in [0.25, 0.3) is 0 Å². The quantitative estimate of drug-likeness (QED) is 0.596. The van der Waals surface area contributed by atoms with Gasteiger partial charge in [0.25, 0.3) is 0 Å². The summed E-state index contributed by atoms with van der Waals surface area (Å²) in [6, 6.07) is 0. The van der Waals surface area contributed by atoms with Gasteiger partial charge in [-0.15, -0.1) is 0 Å². The Morgan fingerprint density at radius 3 is 1.67 bits per heavy atom. The molecule has 0 aromatic heterocycles. The molecule has 0 spiro atoms. The Bertz CT molecular complexity index is 180. The van der Waals surface area contributed by atoms with Crippen LogP contribution in [0.4, 0.5) is 13.2 Å². The molecule has 0 aliphatic carbocycles. The van der Waals surface area contributed by atoms with Gasteiger partial charge < -0.3 is 0 Å². The summed E-state index contributed by atoms with van der Waals surface area (Å²) in [7, 11) is -5.32. The van der Waals surface area contributed by atoms with Gasteiger partial charge >= 0.3 is 41.8 Å². The van der Waals surface area contributed by atoms with Gasteiger partial charge in [0.1, 0.15) is 0 Å². The van der Waals surface area contributed by atoms with E-state index in [0.29, 0.717) is 0 Å². The van der Waals surface area contributed by atoms with Crippen molar-refractivity contribution in [3.05, 3.63) is 0 Å². The fourth-order valence-electron chi connectivity index (χ4n) is 0.0299. The molecule has 0 N–H and O–H groups in total. The second-order valence-corrected chi connectivity index (χ2v) is 3.75. The SMILES string of the molecule is O=S(=O)([O][Cf])C(F)(F)F. The molecule has 0 atom stereocenters. The fourth-order valence-corrected chi connectivity index (χ4v) is 0.836. The summed E-state index contributed by atoms with van der Waals surface area (Å²) in [4.78, 5) is 0. The predicted octanol–water partition coefficient (Wildman–Crippen LogP) is 0.317. The first-order chi connectivity index (χ1) is 3.81. The number of halogens is 3. The molecule has 0 unspecified atom stereocenters. The first-order valence-electron chi connectivity index (χ1n) is 1.40. The molecule has 0 aliphatic heterocycles. The summed E-state index contributed by atoms with van der Waals surface area (Å²) < 4.78 is 56.1. The Balaban J connectivity index is 4.57. The molecule has 0 amide bonds. The van der Waals surface area contributed by atoms with Crippen LogP contribution in [-0.4, -0.2) is 13.9 Å². The Morgan fingerprint density at radius 2 is 1.67 bits per heavy atom. The van der Waals surface area contributed by atoms with Crippen molar-refractivity contribution in [3.8, 4) is 0 Å². The Hall–Kier alpha value is -1.30. The number of rotatable bonds is 1. The van der Waals surface area contributed by atoms with Gasteiger partial charge in [-0.3, -0.25) is 0 Å². The van der Waals surface area contributed by atoms with Crippen molar-refractivity contribution in [1.82, 2.24) is 0 Å². The number of alkyl halides is 3. The fraction of sp³-hybridized carbons (Fsp3) is 1.00. The molecular weight excluding hydrogens is 400 g/mol. The van der Waals surface area contributed by atoms with Gasteiger partial charge in [0, 0.05) is 0 Å². The molecule has 0 radical (unpaired) electrons. The van der Waals surface area contributed by atoms with Crippen LogP contribution in [0.1, 0.15) is 0 Å². The zero-order valence-electron chi connectivity index (χ0n) is 3.58. The van der Waals surface area contributed by atoms with E-state index in [1.807, 2.05) is 0 Å². The second-order valence-electron chi connectivity index (χ2n) is 0.953. The summed E-state index contributed by atoms with van der Waals surface area (Å²) in [6.45, 7) is 0. The Morgan fingerprint density at radius 1 is 1.33 bits per heavy atom. The van der Waals surface area contributed by atoms with Gasteiger partial charge in [-0.25, -0.2) is 0 Å². The number of hydrogen-bond donors (Lipinski definition) is 0. The van der Waals surface area contributed by atoms with Gasteiger partial charge in [-0.05, 0) is 0 Å². The van der Waals surface area contributed by atoms with E-state index in [1.54, 1.807) is 0 Å². The molecule has 0 bridgehead atoms. The van der Waals surface area contributed by atoms with Crippen LogP contribution in [-0.2, 0) is 14.7 Å². The molecule has 0 saturated carbocycles. The van der Waals surface area contributed by atoms with E-state index in [4.69, 9.17) is 0 Å². The topological polar surface area (TPSA) is 43.4 Å². The van der Waals surface area contributed by atoms with E-state index in [0.717, 1.165) is 0 Å². The third-order valence-corrected chi connectivity index (χ3v) is 2.79. The molecule has 0 aromatic carbocycles. The van der Waals surface area contributed by atoms with Crippen LogP contribution in [0, 0.1) is 0 Å².